The molecule has 0 fully saturated rings. The third-order valence-electron chi connectivity index (χ3n) is 2.87. The molecule has 104 valence electrons. The molecule has 1 atom stereocenters. The van der Waals surface area contributed by atoms with Gasteiger partial charge in [0, 0.05) is 0 Å². The Hall–Kier alpha value is -1.80. The summed E-state index contributed by atoms with van der Waals surface area (Å²) in [5.74, 6) is 5.05. The maximum atomic E-state index is 11.8. The number of fused-ring (bicyclic) bond motifs is 1. The van der Waals surface area contributed by atoms with Crippen LogP contribution in [0.4, 0.5) is 5.69 Å². The SMILES string of the molecule is CCS(=O)(=O)c1ccc2c(c1)NC[C@H](C(=O)NN)O2. The van der Waals surface area contributed by atoms with E-state index in [9.17, 15) is 13.2 Å². The maximum Gasteiger partial charge on any atom is 0.276 e. The van der Waals surface area contributed by atoms with Crippen LogP contribution in [0.3, 0.4) is 0 Å². The van der Waals surface area contributed by atoms with Crippen molar-refractivity contribution in [3.8, 4) is 5.75 Å². The normalized spacial score (nSPS) is 17.9. The van der Waals surface area contributed by atoms with Gasteiger partial charge in [0.1, 0.15) is 5.75 Å². The molecule has 19 heavy (non-hydrogen) atoms. The molecule has 1 heterocycles. The first-order valence-electron chi connectivity index (χ1n) is 5.75. The van der Waals surface area contributed by atoms with Crippen LogP contribution >= 0.6 is 0 Å². The molecule has 1 aromatic rings. The summed E-state index contributed by atoms with van der Waals surface area (Å²) in [7, 11) is -3.26. The highest BCUT2D eigenvalue weighted by atomic mass is 32.2. The van der Waals surface area contributed by atoms with Crippen LogP contribution in [0.5, 0.6) is 5.75 Å². The molecule has 7 nitrogen and oxygen atoms in total. The summed E-state index contributed by atoms with van der Waals surface area (Å²) in [6, 6.07) is 4.49. The molecule has 4 N–H and O–H groups in total. The second-order valence-corrected chi connectivity index (χ2v) is 6.34. The Morgan fingerprint density at radius 2 is 2.32 bits per heavy atom. The number of ether oxygens (including phenoxy) is 1. The second kappa shape index (κ2) is 5.06. The van der Waals surface area contributed by atoms with Crippen molar-refractivity contribution in [2.24, 2.45) is 5.84 Å². The zero-order valence-corrected chi connectivity index (χ0v) is 11.2. The summed E-state index contributed by atoms with van der Waals surface area (Å²) in [6.45, 7) is 1.81. The zero-order valence-electron chi connectivity index (χ0n) is 10.3. The molecule has 0 spiro atoms. The van der Waals surface area contributed by atoms with Crippen molar-refractivity contribution < 1.29 is 17.9 Å². The molecule has 8 heteroatoms. The molecule has 0 saturated carbocycles. The molecule has 0 bridgehead atoms. The van der Waals surface area contributed by atoms with Crippen LogP contribution < -0.4 is 21.3 Å². The fraction of sp³-hybridized carbons (Fsp3) is 0.364. The Balaban J connectivity index is 2.29. The van der Waals surface area contributed by atoms with Crippen LogP contribution in [-0.2, 0) is 14.6 Å². The maximum absolute atomic E-state index is 11.8. The summed E-state index contributed by atoms with van der Waals surface area (Å²) in [6.07, 6.45) is -0.730. The predicted molar refractivity (Wildman–Crippen MR) is 69.4 cm³/mol. The van der Waals surface area contributed by atoms with E-state index in [1.54, 1.807) is 6.92 Å². The van der Waals surface area contributed by atoms with E-state index in [1.165, 1.54) is 18.2 Å². The van der Waals surface area contributed by atoms with Gasteiger partial charge < -0.3 is 10.1 Å². The first-order valence-corrected chi connectivity index (χ1v) is 7.41. The minimum atomic E-state index is -3.26. The van der Waals surface area contributed by atoms with E-state index >= 15 is 0 Å². The topological polar surface area (TPSA) is 111 Å². The van der Waals surface area contributed by atoms with Gasteiger partial charge in [0.15, 0.2) is 15.9 Å². The molecule has 1 amide bonds. The van der Waals surface area contributed by atoms with E-state index in [1.807, 2.05) is 5.43 Å². The van der Waals surface area contributed by atoms with Gasteiger partial charge in [-0.05, 0) is 18.2 Å². The van der Waals surface area contributed by atoms with Gasteiger partial charge in [-0.3, -0.25) is 10.2 Å². The monoisotopic (exact) mass is 285 g/mol. The fourth-order valence-corrected chi connectivity index (χ4v) is 2.65. The van der Waals surface area contributed by atoms with Gasteiger partial charge in [0.05, 0.1) is 22.9 Å². The summed E-state index contributed by atoms with van der Waals surface area (Å²) in [4.78, 5) is 11.6. The molecule has 0 unspecified atom stereocenters. The lowest BCUT2D eigenvalue weighted by atomic mass is 10.2. The number of carbonyl (C=O) groups is 1. The van der Waals surface area contributed by atoms with Gasteiger partial charge in [-0.2, -0.15) is 0 Å². The summed E-state index contributed by atoms with van der Waals surface area (Å²) in [5, 5.41) is 2.96. The minimum Gasteiger partial charge on any atom is -0.476 e. The van der Waals surface area contributed by atoms with Gasteiger partial charge in [0.2, 0.25) is 0 Å². The Morgan fingerprint density at radius 3 is 2.95 bits per heavy atom. The highest BCUT2D eigenvalue weighted by molar-refractivity contribution is 7.91. The van der Waals surface area contributed by atoms with Gasteiger partial charge in [0.25, 0.3) is 5.91 Å². The lowest BCUT2D eigenvalue weighted by Gasteiger charge is -2.26. The number of nitrogens with one attached hydrogen (secondary N) is 2. The predicted octanol–water partition coefficient (Wildman–Crippen LogP) is -0.357. The van der Waals surface area contributed by atoms with Crippen molar-refractivity contribution in [3.05, 3.63) is 18.2 Å². The average Bonchev–Trinajstić information content (AvgIpc) is 2.45. The van der Waals surface area contributed by atoms with Crippen LogP contribution in [0.2, 0.25) is 0 Å². The summed E-state index contributed by atoms with van der Waals surface area (Å²) < 4.78 is 28.9. The molecule has 1 aromatic carbocycles. The molecule has 0 aliphatic carbocycles. The Bertz CT molecular complexity index is 600. The number of hydrogen-bond donors (Lipinski definition) is 3. The van der Waals surface area contributed by atoms with E-state index in [4.69, 9.17) is 10.6 Å². The zero-order chi connectivity index (χ0) is 14.0. The van der Waals surface area contributed by atoms with Crippen LogP contribution in [-0.4, -0.2) is 32.7 Å². The largest absolute Gasteiger partial charge is 0.476 e. The number of hydrazine groups is 1. The molecule has 1 aliphatic rings. The number of amides is 1. The lowest BCUT2D eigenvalue weighted by Crippen LogP contribution is -2.47. The number of carbonyl (C=O) groups excluding carboxylic acids is 1. The smallest absolute Gasteiger partial charge is 0.276 e. The van der Waals surface area contributed by atoms with E-state index < -0.39 is 21.8 Å². The van der Waals surface area contributed by atoms with Crippen LogP contribution in [0, 0.1) is 0 Å². The van der Waals surface area contributed by atoms with Crippen LogP contribution in [0.1, 0.15) is 6.92 Å². The van der Waals surface area contributed by atoms with Gasteiger partial charge >= 0.3 is 0 Å². The molecule has 0 aromatic heterocycles. The second-order valence-electron chi connectivity index (χ2n) is 4.06. The highest BCUT2D eigenvalue weighted by Gasteiger charge is 2.26. The molecule has 0 saturated heterocycles. The van der Waals surface area contributed by atoms with Crippen molar-refractivity contribution in [1.82, 2.24) is 5.43 Å². The standard InChI is InChI=1S/C11H15N3O4S/c1-2-19(16,17)7-3-4-9-8(5-7)13-6-10(18-9)11(15)14-12/h3-5,10,13H,2,6,12H2,1H3,(H,14,15)/t10-/m1/s1. The molecule has 2 rings (SSSR count). The van der Waals surface area contributed by atoms with Crippen LogP contribution in [0.25, 0.3) is 0 Å². The quantitative estimate of drug-likeness (QED) is 0.397. The first kappa shape index (κ1) is 13.6. The molecular weight excluding hydrogens is 270 g/mol. The van der Waals surface area contributed by atoms with E-state index in [2.05, 4.69) is 5.32 Å². The number of benzene rings is 1. The third-order valence-corrected chi connectivity index (χ3v) is 4.60. The summed E-state index contributed by atoms with van der Waals surface area (Å²) >= 11 is 0. The van der Waals surface area contributed by atoms with E-state index in [-0.39, 0.29) is 17.2 Å². The lowest BCUT2D eigenvalue weighted by molar-refractivity contribution is -0.127. The summed E-state index contributed by atoms with van der Waals surface area (Å²) in [5.41, 5.74) is 2.56. The third kappa shape index (κ3) is 2.64. The van der Waals surface area contributed by atoms with Crippen molar-refractivity contribution in [3.63, 3.8) is 0 Å². The number of anilines is 1. The van der Waals surface area contributed by atoms with Crippen molar-refractivity contribution >= 4 is 21.4 Å². The number of rotatable bonds is 3. The molecule has 0 radical (unpaired) electrons. The van der Waals surface area contributed by atoms with Gasteiger partial charge in [-0.25, -0.2) is 14.3 Å². The van der Waals surface area contributed by atoms with Gasteiger partial charge in [-0.1, -0.05) is 6.92 Å². The minimum absolute atomic E-state index is 0.0326. The number of nitrogens with two attached hydrogens (primary N) is 1. The van der Waals surface area contributed by atoms with Crippen LogP contribution in [0.15, 0.2) is 23.1 Å². The molecule has 1 aliphatic heterocycles. The molecular formula is C11H15N3O4S. The fourth-order valence-electron chi connectivity index (χ4n) is 1.75. The Labute approximate surface area is 111 Å². The number of sulfone groups is 1. The van der Waals surface area contributed by atoms with Crippen molar-refractivity contribution in [2.75, 3.05) is 17.6 Å². The van der Waals surface area contributed by atoms with Crippen molar-refractivity contribution in [1.29, 1.82) is 0 Å². The highest BCUT2D eigenvalue weighted by Crippen LogP contribution is 2.31. The van der Waals surface area contributed by atoms with Crippen molar-refractivity contribution in [2.45, 2.75) is 17.9 Å². The Morgan fingerprint density at radius 1 is 1.58 bits per heavy atom. The number of hydrogen-bond acceptors (Lipinski definition) is 6. The van der Waals surface area contributed by atoms with Gasteiger partial charge in [-0.15, -0.1) is 0 Å². The Kier molecular flexibility index (Phi) is 3.63. The average molecular weight is 285 g/mol. The van der Waals surface area contributed by atoms with E-state index in [0.717, 1.165) is 0 Å². The van der Waals surface area contributed by atoms with E-state index in [0.29, 0.717) is 11.4 Å². The first-order chi connectivity index (χ1) is 8.97.